The first kappa shape index (κ1) is 14.8. The van der Waals surface area contributed by atoms with Gasteiger partial charge in [-0.15, -0.1) is 11.3 Å². The Morgan fingerprint density at radius 1 is 1.18 bits per heavy atom. The molecule has 0 aromatic carbocycles. The number of nitrogens with one attached hydrogen (secondary N) is 1. The minimum absolute atomic E-state index is 0.283. The molecular weight excluding hydrogens is 296 g/mol. The highest BCUT2D eigenvalue weighted by Gasteiger charge is 2.14. The molecule has 0 spiro atoms. The first-order chi connectivity index (χ1) is 10.7. The molecule has 7 heteroatoms. The van der Waals surface area contributed by atoms with Crippen molar-refractivity contribution in [3.63, 3.8) is 0 Å². The second-order valence-corrected chi connectivity index (χ2v) is 5.97. The molecular formula is C15H18N6S. The number of hydrogen-bond donors (Lipinski definition) is 1. The molecule has 0 fully saturated rings. The third kappa shape index (κ3) is 3.37. The van der Waals surface area contributed by atoms with Crippen molar-refractivity contribution in [2.24, 2.45) is 0 Å². The molecule has 3 rings (SSSR count). The molecule has 3 aromatic rings. The molecule has 114 valence electrons. The maximum Gasteiger partial charge on any atom is 0.188 e. The molecule has 0 bridgehead atoms. The fourth-order valence-electron chi connectivity index (χ4n) is 2.09. The fraction of sp³-hybridized carbons (Fsp3) is 0.333. The zero-order valence-electron chi connectivity index (χ0n) is 12.5. The monoisotopic (exact) mass is 314 g/mol. The molecule has 3 heterocycles. The second kappa shape index (κ2) is 6.76. The van der Waals surface area contributed by atoms with E-state index in [0.29, 0.717) is 5.82 Å². The van der Waals surface area contributed by atoms with Crippen LogP contribution in [0, 0.1) is 0 Å². The number of thiazole rings is 1. The summed E-state index contributed by atoms with van der Waals surface area (Å²) in [5, 5.41) is 10.7. The second-order valence-electron chi connectivity index (χ2n) is 5.11. The Morgan fingerprint density at radius 3 is 2.73 bits per heavy atom. The summed E-state index contributed by atoms with van der Waals surface area (Å²) < 4.78 is 1.96. The summed E-state index contributed by atoms with van der Waals surface area (Å²) in [5.74, 6) is 0.678. The van der Waals surface area contributed by atoms with Crippen LogP contribution < -0.4 is 5.32 Å². The summed E-state index contributed by atoms with van der Waals surface area (Å²) in [5.41, 5.74) is 1.01. The quantitative estimate of drug-likeness (QED) is 0.757. The lowest BCUT2D eigenvalue weighted by molar-refractivity contribution is 0.364. The smallest absolute Gasteiger partial charge is 0.188 e. The van der Waals surface area contributed by atoms with Crippen LogP contribution in [0.1, 0.15) is 25.6 Å². The maximum absolute atomic E-state index is 4.58. The van der Waals surface area contributed by atoms with Crippen LogP contribution in [0.3, 0.4) is 0 Å². The van der Waals surface area contributed by atoms with Crippen molar-refractivity contribution in [3.05, 3.63) is 48.0 Å². The van der Waals surface area contributed by atoms with E-state index in [4.69, 9.17) is 0 Å². The molecule has 0 unspecified atom stereocenters. The lowest BCUT2D eigenvalue weighted by atomic mass is 10.2. The molecule has 0 saturated heterocycles. The van der Waals surface area contributed by atoms with Crippen molar-refractivity contribution in [1.82, 2.24) is 30.0 Å². The van der Waals surface area contributed by atoms with E-state index in [1.165, 1.54) is 0 Å². The van der Waals surface area contributed by atoms with Crippen LogP contribution >= 0.6 is 11.3 Å². The minimum atomic E-state index is 0.283. The third-order valence-corrected chi connectivity index (χ3v) is 4.47. The van der Waals surface area contributed by atoms with Crippen LogP contribution in [0.25, 0.3) is 10.8 Å². The van der Waals surface area contributed by atoms with E-state index in [1.807, 2.05) is 22.3 Å². The van der Waals surface area contributed by atoms with Gasteiger partial charge in [-0.2, -0.15) is 5.10 Å². The van der Waals surface area contributed by atoms with Gasteiger partial charge in [0.05, 0.1) is 11.7 Å². The zero-order chi connectivity index (χ0) is 15.4. The summed E-state index contributed by atoms with van der Waals surface area (Å²) in [6.45, 7) is 5.02. The predicted octanol–water partition coefficient (Wildman–Crippen LogP) is 2.54. The van der Waals surface area contributed by atoms with Gasteiger partial charge in [-0.1, -0.05) is 0 Å². The average molecular weight is 314 g/mol. The Labute approximate surface area is 133 Å². The van der Waals surface area contributed by atoms with Gasteiger partial charge in [0.2, 0.25) is 0 Å². The molecule has 0 aliphatic heterocycles. The van der Waals surface area contributed by atoms with Crippen LogP contribution in [0.2, 0.25) is 0 Å². The zero-order valence-corrected chi connectivity index (χ0v) is 13.4. The van der Waals surface area contributed by atoms with Gasteiger partial charge in [-0.05, 0) is 26.0 Å². The van der Waals surface area contributed by atoms with Gasteiger partial charge in [0.25, 0.3) is 0 Å². The molecule has 0 saturated carbocycles. The predicted molar refractivity (Wildman–Crippen MR) is 86.4 cm³/mol. The summed E-state index contributed by atoms with van der Waals surface area (Å²) in [4.78, 5) is 13.0. The molecule has 3 aromatic heterocycles. The lowest BCUT2D eigenvalue weighted by Gasteiger charge is -2.21. The number of rotatable bonds is 6. The van der Waals surface area contributed by atoms with Gasteiger partial charge in [0, 0.05) is 42.8 Å². The first-order valence-corrected chi connectivity index (χ1v) is 8.06. The van der Waals surface area contributed by atoms with Crippen molar-refractivity contribution in [2.75, 3.05) is 0 Å². The molecule has 1 N–H and O–H groups in total. The Kier molecular flexibility index (Phi) is 4.55. The molecule has 0 aliphatic carbocycles. The first-order valence-electron chi connectivity index (χ1n) is 7.18. The highest BCUT2D eigenvalue weighted by molar-refractivity contribution is 7.13. The standard InChI is InChI=1S/C15H18N6S/c1-11(12(2)21-8-4-7-19-21)18-9-13-10-22-15(20-13)14-16-5-3-6-17-14/h3-8,10-12,18H,9H2,1-2H3/t11-,12+/m0/s1. The Hall–Kier alpha value is -2.12. The van der Waals surface area contributed by atoms with Gasteiger partial charge in [-0.25, -0.2) is 15.0 Å². The van der Waals surface area contributed by atoms with Crippen molar-refractivity contribution in [3.8, 4) is 10.8 Å². The highest BCUT2D eigenvalue weighted by Crippen LogP contribution is 2.19. The minimum Gasteiger partial charge on any atom is -0.306 e. The summed E-state index contributed by atoms with van der Waals surface area (Å²) in [6, 6.07) is 4.32. The number of aromatic nitrogens is 5. The highest BCUT2D eigenvalue weighted by atomic mass is 32.1. The average Bonchev–Trinajstić information content (AvgIpc) is 3.24. The summed E-state index contributed by atoms with van der Waals surface area (Å²) >= 11 is 1.57. The maximum atomic E-state index is 4.58. The Morgan fingerprint density at radius 2 is 2.00 bits per heavy atom. The van der Waals surface area contributed by atoms with E-state index < -0.39 is 0 Å². The Balaban J connectivity index is 1.59. The third-order valence-electron chi connectivity index (χ3n) is 3.58. The van der Waals surface area contributed by atoms with E-state index >= 15 is 0 Å². The number of hydrogen-bond acceptors (Lipinski definition) is 6. The SMILES string of the molecule is C[C@H](NCc1csc(-c2ncccn2)n1)[C@@H](C)n1cccn1. The van der Waals surface area contributed by atoms with Gasteiger partial charge < -0.3 is 5.32 Å². The van der Waals surface area contributed by atoms with Gasteiger partial charge >= 0.3 is 0 Å². The molecule has 22 heavy (non-hydrogen) atoms. The topological polar surface area (TPSA) is 68.5 Å². The molecule has 0 amide bonds. The van der Waals surface area contributed by atoms with E-state index in [0.717, 1.165) is 17.2 Å². The van der Waals surface area contributed by atoms with Crippen LogP contribution in [0.5, 0.6) is 0 Å². The summed E-state index contributed by atoms with van der Waals surface area (Å²) in [7, 11) is 0. The largest absolute Gasteiger partial charge is 0.306 e. The van der Waals surface area contributed by atoms with E-state index in [9.17, 15) is 0 Å². The molecule has 0 radical (unpaired) electrons. The molecule has 6 nitrogen and oxygen atoms in total. The van der Waals surface area contributed by atoms with Crippen molar-refractivity contribution in [2.45, 2.75) is 32.5 Å². The van der Waals surface area contributed by atoms with Gasteiger partial charge in [-0.3, -0.25) is 4.68 Å². The fourth-order valence-corrected chi connectivity index (χ4v) is 2.85. The molecule has 0 aliphatic rings. The Bertz CT molecular complexity index is 694. The van der Waals surface area contributed by atoms with Crippen molar-refractivity contribution >= 4 is 11.3 Å². The van der Waals surface area contributed by atoms with Crippen LogP contribution in [-0.2, 0) is 6.54 Å². The molecule has 2 atom stereocenters. The van der Waals surface area contributed by atoms with Crippen LogP contribution in [-0.4, -0.2) is 30.8 Å². The van der Waals surface area contributed by atoms with E-state index in [2.05, 4.69) is 39.2 Å². The normalized spacial score (nSPS) is 13.9. The van der Waals surface area contributed by atoms with Gasteiger partial charge in [0.1, 0.15) is 0 Å². The van der Waals surface area contributed by atoms with Crippen molar-refractivity contribution in [1.29, 1.82) is 0 Å². The van der Waals surface area contributed by atoms with Crippen molar-refractivity contribution < 1.29 is 0 Å². The van der Waals surface area contributed by atoms with E-state index in [1.54, 1.807) is 36.0 Å². The van der Waals surface area contributed by atoms with Crippen LogP contribution in [0.15, 0.2) is 42.3 Å². The van der Waals surface area contributed by atoms with Crippen LogP contribution in [0.4, 0.5) is 0 Å². The summed E-state index contributed by atoms with van der Waals surface area (Å²) in [6.07, 6.45) is 7.25. The van der Waals surface area contributed by atoms with E-state index in [-0.39, 0.29) is 12.1 Å². The van der Waals surface area contributed by atoms with Gasteiger partial charge in [0.15, 0.2) is 10.8 Å². The lowest BCUT2D eigenvalue weighted by Crippen LogP contribution is -2.33. The number of nitrogens with zero attached hydrogens (tertiary/aromatic N) is 5.